The van der Waals surface area contributed by atoms with E-state index in [0.717, 1.165) is 28.3 Å². The first-order valence-electron chi connectivity index (χ1n) is 8.00. The second kappa shape index (κ2) is 7.11. The smallest absolute Gasteiger partial charge is 0.246 e. The number of carbonyl (C=O) groups excluding carboxylic acids is 1. The van der Waals surface area contributed by atoms with Gasteiger partial charge in [-0.2, -0.15) is 10.2 Å². The maximum absolute atomic E-state index is 12.2. The lowest BCUT2D eigenvalue weighted by atomic mass is 10.2. The summed E-state index contributed by atoms with van der Waals surface area (Å²) in [7, 11) is 0. The van der Waals surface area contributed by atoms with Gasteiger partial charge in [0, 0.05) is 11.4 Å². The predicted molar refractivity (Wildman–Crippen MR) is 97.8 cm³/mol. The van der Waals surface area contributed by atoms with E-state index in [2.05, 4.69) is 15.5 Å². The molecular weight excluding hydrogens is 338 g/mol. The predicted octanol–water partition coefficient (Wildman–Crippen LogP) is 3.35. The molecule has 0 aliphatic carbocycles. The van der Waals surface area contributed by atoms with Crippen LogP contribution in [0, 0.1) is 20.8 Å². The van der Waals surface area contributed by atoms with E-state index in [1.807, 2.05) is 55.8 Å². The largest absolute Gasteiger partial charge is 0.324 e. The Morgan fingerprint density at radius 3 is 2.64 bits per heavy atom. The molecular formula is C18H20ClN5O. The summed E-state index contributed by atoms with van der Waals surface area (Å²) in [6.45, 7) is 6.63. The number of aryl methyl sites for hydroxylation is 2. The molecule has 0 radical (unpaired) electrons. The Bertz CT molecular complexity index is 912. The number of hydrogen-bond acceptors (Lipinski definition) is 3. The molecule has 2 heterocycles. The third kappa shape index (κ3) is 4.09. The summed E-state index contributed by atoms with van der Waals surface area (Å²) in [5.41, 5.74) is 4.70. The average molecular weight is 358 g/mol. The second-order valence-electron chi connectivity index (χ2n) is 6.07. The molecule has 3 rings (SSSR count). The lowest BCUT2D eigenvalue weighted by molar-refractivity contribution is -0.116. The van der Waals surface area contributed by atoms with Crippen LogP contribution >= 0.6 is 11.6 Å². The highest BCUT2D eigenvalue weighted by Crippen LogP contribution is 2.15. The summed E-state index contributed by atoms with van der Waals surface area (Å²) >= 11 is 5.96. The van der Waals surface area contributed by atoms with Crippen LogP contribution in [0.4, 0.5) is 5.69 Å². The maximum Gasteiger partial charge on any atom is 0.246 e. The monoisotopic (exact) mass is 357 g/mol. The summed E-state index contributed by atoms with van der Waals surface area (Å²) in [6.07, 6.45) is 1.54. The van der Waals surface area contributed by atoms with Crippen molar-refractivity contribution in [3.05, 3.63) is 64.2 Å². The van der Waals surface area contributed by atoms with Crippen molar-refractivity contribution in [1.82, 2.24) is 19.6 Å². The lowest BCUT2D eigenvalue weighted by Gasteiger charge is -2.09. The maximum atomic E-state index is 12.2. The molecule has 2 aromatic heterocycles. The van der Waals surface area contributed by atoms with E-state index in [4.69, 9.17) is 11.6 Å². The molecule has 1 amide bonds. The molecule has 0 fully saturated rings. The molecule has 0 bridgehead atoms. The fraction of sp³-hybridized carbons (Fsp3) is 0.278. The minimum atomic E-state index is -0.147. The number of aromatic nitrogens is 4. The summed E-state index contributed by atoms with van der Waals surface area (Å²) in [4.78, 5) is 12.2. The van der Waals surface area contributed by atoms with E-state index >= 15 is 0 Å². The van der Waals surface area contributed by atoms with Crippen LogP contribution in [0.5, 0.6) is 0 Å². The van der Waals surface area contributed by atoms with Crippen LogP contribution in [0.15, 0.2) is 36.5 Å². The summed E-state index contributed by atoms with van der Waals surface area (Å²) in [5, 5.41) is 12.0. The van der Waals surface area contributed by atoms with Gasteiger partial charge in [-0.1, -0.05) is 23.7 Å². The molecule has 0 unspecified atom stereocenters. The molecule has 0 spiro atoms. The van der Waals surface area contributed by atoms with Crippen LogP contribution < -0.4 is 5.32 Å². The lowest BCUT2D eigenvalue weighted by Crippen LogP contribution is -2.20. The van der Waals surface area contributed by atoms with Gasteiger partial charge in [-0.3, -0.25) is 14.2 Å². The quantitative estimate of drug-likeness (QED) is 0.761. The van der Waals surface area contributed by atoms with E-state index in [0.29, 0.717) is 11.6 Å². The zero-order valence-corrected chi connectivity index (χ0v) is 15.2. The van der Waals surface area contributed by atoms with Gasteiger partial charge in [-0.25, -0.2) is 0 Å². The highest BCUT2D eigenvalue weighted by atomic mass is 35.5. The van der Waals surface area contributed by atoms with Crippen molar-refractivity contribution in [2.24, 2.45) is 0 Å². The highest BCUT2D eigenvalue weighted by Gasteiger charge is 2.09. The number of hydrogen-bond donors (Lipinski definition) is 1. The van der Waals surface area contributed by atoms with Gasteiger partial charge < -0.3 is 5.32 Å². The van der Waals surface area contributed by atoms with Crippen LogP contribution in [0.3, 0.4) is 0 Å². The molecule has 0 saturated heterocycles. The Balaban J connectivity index is 1.68. The van der Waals surface area contributed by atoms with Gasteiger partial charge in [0.1, 0.15) is 6.54 Å². The Hall–Kier alpha value is -2.60. The SMILES string of the molecule is Cc1cc(C)n(Cc2cccc(NC(=O)Cn3ncc(Cl)c3C)c2)n1. The highest BCUT2D eigenvalue weighted by molar-refractivity contribution is 6.31. The van der Waals surface area contributed by atoms with Crippen molar-refractivity contribution < 1.29 is 4.79 Å². The van der Waals surface area contributed by atoms with E-state index in [1.165, 1.54) is 0 Å². The molecule has 25 heavy (non-hydrogen) atoms. The summed E-state index contributed by atoms with van der Waals surface area (Å²) < 4.78 is 3.53. The topological polar surface area (TPSA) is 64.7 Å². The number of amides is 1. The molecule has 7 heteroatoms. The van der Waals surface area contributed by atoms with Gasteiger partial charge in [0.15, 0.2) is 0 Å². The van der Waals surface area contributed by atoms with Gasteiger partial charge in [0.2, 0.25) is 5.91 Å². The van der Waals surface area contributed by atoms with E-state index in [-0.39, 0.29) is 12.5 Å². The number of nitrogens with zero attached hydrogens (tertiary/aromatic N) is 4. The van der Waals surface area contributed by atoms with E-state index in [9.17, 15) is 4.79 Å². The number of carbonyl (C=O) groups is 1. The molecule has 0 atom stereocenters. The van der Waals surface area contributed by atoms with E-state index < -0.39 is 0 Å². The van der Waals surface area contributed by atoms with Crippen LogP contribution in [0.25, 0.3) is 0 Å². The van der Waals surface area contributed by atoms with Crippen molar-refractivity contribution in [3.63, 3.8) is 0 Å². The Morgan fingerprint density at radius 2 is 2.00 bits per heavy atom. The Morgan fingerprint density at radius 1 is 1.20 bits per heavy atom. The molecule has 6 nitrogen and oxygen atoms in total. The first-order valence-corrected chi connectivity index (χ1v) is 8.38. The van der Waals surface area contributed by atoms with Crippen molar-refractivity contribution in [3.8, 4) is 0 Å². The molecule has 1 aromatic carbocycles. The normalized spacial score (nSPS) is 10.9. The minimum Gasteiger partial charge on any atom is -0.324 e. The Labute approximate surface area is 151 Å². The van der Waals surface area contributed by atoms with Gasteiger partial charge in [0.25, 0.3) is 0 Å². The van der Waals surface area contributed by atoms with Gasteiger partial charge in [-0.05, 0) is 44.5 Å². The number of halogens is 1. The van der Waals surface area contributed by atoms with E-state index in [1.54, 1.807) is 10.9 Å². The van der Waals surface area contributed by atoms with Crippen LogP contribution in [0.1, 0.15) is 22.6 Å². The third-order valence-electron chi connectivity index (χ3n) is 3.98. The van der Waals surface area contributed by atoms with Gasteiger partial charge in [-0.15, -0.1) is 0 Å². The zero-order valence-electron chi connectivity index (χ0n) is 14.5. The number of anilines is 1. The fourth-order valence-electron chi connectivity index (χ4n) is 2.68. The first kappa shape index (κ1) is 17.2. The van der Waals surface area contributed by atoms with Gasteiger partial charge >= 0.3 is 0 Å². The number of rotatable bonds is 5. The molecule has 0 aliphatic rings. The van der Waals surface area contributed by atoms with Crippen molar-refractivity contribution >= 4 is 23.2 Å². The summed E-state index contributed by atoms with van der Waals surface area (Å²) in [6, 6.07) is 9.81. The standard InChI is InChI=1S/C18H20ClN5O/c1-12-7-13(2)23(22-12)10-15-5-4-6-16(8-15)21-18(25)11-24-14(3)17(19)9-20-24/h4-9H,10-11H2,1-3H3,(H,21,25). The Kier molecular flexibility index (Phi) is 4.90. The second-order valence-corrected chi connectivity index (χ2v) is 6.48. The zero-order chi connectivity index (χ0) is 18.0. The van der Waals surface area contributed by atoms with Crippen molar-refractivity contribution in [1.29, 1.82) is 0 Å². The van der Waals surface area contributed by atoms with Crippen molar-refractivity contribution in [2.45, 2.75) is 33.9 Å². The average Bonchev–Trinajstić information content (AvgIpc) is 3.03. The minimum absolute atomic E-state index is 0.125. The number of nitrogens with one attached hydrogen (secondary N) is 1. The van der Waals surface area contributed by atoms with Gasteiger partial charge in [0.05, 0.1) is 29.2 Å². The molecule has 0 saturated carbocycles. The van der Waals surface area contributed by atoms with Crippen LogP contribution in [-0.4, -0.2) is 25.5 Å². The molecule has 3 aromatic rings. The van der Waals surface area contributed by atoms with Crippen LogP contribution in [0.2, 0.25) is 5.02 Å². The molecule has 130 valence electrons. The molecule has 0 aliphatic heterocycles. The number of benzene rings is 1. The summed E-state index contributed by atoms with van der Waals surface area (Å²) in [5.74, 6) is -0.147. The van der Waals surface area contributed by atoms with Crippen LogP contribution in [-0.2, 0) is 17.9 Å². The first-order chi connectivity index (χ1) is 11.9. The van der Waals surface area contributed by atoms with Crippen molar-refractivity contribution in [2.75, 3.05) is 5.32 Å². The third-order valence-corrected chi connectivity index (χ3v) is 4.35. The fourth-order valence-corrected chi connectivity index (χ4v) is 2.82. The molecule has 1 N–H and O–H groups in total.